The molecular formula is C43H37N3O3. The number of allylic oxidation sites excluding steroid dienone is 3. The van der Waals surface area contributed by atoms with Crippen LogP contribution in [0.2, 0.25) is 0 Å². The number of methoxy groups -OCH3 is 2. The van der Waals surface area contributed by atoms with Gasteiger partial charge in [-0.25, -0.2) is 0 Å². The van der Waals surface area contributed by atoms with Gasteiger partial charge in [0.05, 0.1) is 20.8 Å². The minimum atomic E-state index is 0.0294. The van der Waals surface area contributed by atoms with Crippen LogP contribution in [0.15, 0.2) is 139 Å². The van der Waals surface area contributed by atoms with E-state index in [0.29, 0.717) is 18.7 Å². The molecule has 5 aromatic rings. The molecule has 0 bridgehead atoms. The first-order valence-electron chi connectivity index (χ1n) is 15.9. The summed E-state index contributed by atoms with van der Waals surface area (Å²) in [4.78, 5) is 0. The number of benzene rings is 5. The molecule has 0 fully saturated rings. The van der Waals surface area contributed by atoms with Crippen LogP contribution in [0.4, 0.5) is 0 Å². The van der Waals surface area contributed by atoms with Crippen LogP contribution in [0.5, 0.6) is 17.2 Å². The van der Waals surface area contributed by atoms with Crippen LogP contribution in [-0.2, 0) is 0 Å². The first-order valence-corrected chi connectivity index (χ1v) is 15.9. The third kappa shape index (κ3) is 8.53. The third-order valence-electron chi connectivity index (χ3n) is 7.99. The van der Waals surface area contributed by atoms with E-state index in [2.05, 4.69) is 48.5 Å². The van der Waals surface area contributed by atoms with E-state index < -0.39 is 0 Å². The molecule has 5 rings (SSSR count). The predicted molar refractivity (Wildman–Crippen MR) is 197 cm³/mol. The quantitative estimate of drug-likeness (QED) is 0.0595. The zero-order valence-corrected chi connectivity index (χ0v) is 27.6. The van der Waals surface area contributed by atoms with Crippen LogP contribution in [0.1, 0.15) is 39.8 Å². The Bertz CT molecular complexity index is 1950. The van der Waals surface area contributed by atoms with E-state index in [1.54, 1.807) is 14.2 Å². The predicted octanol–water partition coefficient (Wildman–Crippen LogP) is 8.95. The Morgan fingerprint density at radius 2 is 1.04 bits per heavy atom. The van der Waals surface area contributed by atoms with Crippen molar-refractivity contribution in [3.8, 4) is 29.4 Å². The van der Waals surface area contributed by atoms with Crippen LogP contribution in [0.25, 0.3) is 22.8 Å². The highest BCUT2D eigenvalue weighted by atomic mass is 16.5. The first kappa shape index (κ1) is 34.0. The van der Waals surface area contributed by atoms with Gasteiger partial charge in [-0.05, 0) is 93.9 Å². The normalized spacial score (nSPS) is 10.5. The van der Waals surface area contributed by atoms with Gasteiger partial charge in [0.25, 0.3) is 0 Å². The Morgan fingerprint density at radius 1 is 0.592 bits per heavy atom. The second kappa shape index (κ2) is 17.0. The highest BCUT2D eigenvalue weighted by Crippen LogP contribution is 2.38. The van der Waals surface area contributed by atoms with Crippen molar-refractivity contribution in [3.05, 3.63) is 172 Å². The van der Waals surface area contributed by atoms with Gasteiger partial charge < -0.3 is 19.9 Å². The second-order valence-corrected chi connectivity index (χ2v) is 11.1. The van der Waals surface area contributed by atoms with Gasteiger partial charge in [0.2, 0.25) is 0 Å². The molecule has 6 heteroatoms. The molecule has 0 unspecified atom stereocenters. The van der Waals surface area contributed by atoms with Crippen molar-refractivity contribution in [2.75, 3.05) is 27.4 Å². The second-order valence-electron chi connectivity index (χ2n) is 11.1. The Labute approximate surface area is 288 Å². The van der Waals surface area contributed by atoms with Crippen LogP contribution in [-0.4, -0.2) is 27.4 Å². The third-order valence-corrected chi connectivity index (χ3v) is 7.99. The van der Waals surface area contributed by atoms with E-state index in [1.165, 1.54) is 0 Å². The van der Waals surface area contributed by atoms with Crippen molar-refractivity contribution >= 4 is 22.8 Å². The summed E-state index contributed by atoms with van der Waals surface area (Å²) < 4.78 is 16.6. The summed E-state index contributed by atoms with van der Waals surface area (Å²) in [6, 6.07) is 46.1. The minimum absolute atomic E-state index is 0.0294. The Hall–Kier alpha value is -6.34. The summed E-state index contributed by atoms with van der Waals surface area (Å²) in [7, 11) is 3.31. The molecule has 49 heavy (non-hydrogen) atoms. The SMILES string of the molecule is COc1ccc(C(=C(c2ccccc2)c2ccc(C(C=Cc3ccc(OCCCN)cc3)=C(C#N)C#N)cc2)c2ccc(OC)cc2)cc1. The van der Waals surface area contributed by atoms with Gasteiger partial charge in [-0.15, -0.1) is 0 Å². The molecule has 6 nitrogen and oxygen atoms in total. The lowest BCUT2D eigenvalue weighted by molar-refractivity contribution is 0.313. The molecule has 0 radical (unpaired) electrons. The zero-order valence-electron chi connectivity index (χ0n) is 27.6. The van der Waals surface area contributed by atoms with E-state index >= 15 is 0 Å². The molecule has 0 saturated heterocycles. The van der Waals surface area contributed by atoms with Gasteiger partial charge in [-0.1, -0.05) is 103 Å². The van der Waals surface area contributed by atoms with Crippen molar-refractivity contribution in [2.45, 2.75) is 6.42 Å². The van der Waals surface area contributed by atoms with E-state index in [0.717, 1.165) is 68.2 Å². The highest BCUT2D eigenvalue weighted by molar-refractivity contribution is 6.04. The average Bonchev–Trinajstić information content (AvgIpc) is 3.17. The van der Waals surface area contributed by atoms with Crippen molar-refractivity contribution in [1.82, 2.24) is 0 Å². The van der Waals surface area contributed by atoms with Crippen molar-refractivity contribution < 1.29 is 14.2 Å². The maximum Gasteiger partial charge on any atom is 0.137 e. The smallest absolute Gasteiger partial charge is 0.137 e. The van der Waals surface area contributed by atoms with Crippen LogP contribution < -0.4 is 19.9 Å². The van der Waals surface area contributed by atoms with Gasteiger partial charge >= 0.3 is 0 Å². The van der Waals surface area contributed by atoms with Crippen LogP contribution in [0.3, 0.4) is 0 Å². The standard InChI is InChI=1S/C43H37N3O3/c1-47-38-22-16-35(17-23-38)43(36-18-24-39(48-2)25-19-36)42(33-7-4-3-5-8-33)34-14-12-32(13-15-34)41(37(29-45)30-46)26-11-31-9-20-40(21-10-31)49-28-6-27-44/h3-5,7-26H,6,27-28,44H2,1-2H3. The molecule has 242 valence electrons. The summed E-state index contributed by atoms with van der Waals surface area (Å²) in [6.45, 7) is 1.14. The van der Waals surface area contributed by atoms with Gasteiger partial charge in [-0.2, -0.15) is 10.5 Å². The summed E-state index contributed by atoms with van der Waals surface area (Å²) >= 11 is 0. The number of nitrogens with two attached hydrogens (primary N) is 1. The van der Waals surface area contributed by atoms with Crippen molar-refractivity contribution in [3.63, 3.8) is 0 Å². The van der Waals surface area contributed by atoms with E-state index in [4.69, 9.17) is 19.9 Å². The lowest BCUT2D eigenvalue weighted by Gasteiger charge is -2.19. The van der Waals surface area contributed by atoms with Gasteiger partial charge in [-0.3, -0.25) is 0 Å². The molecule has 0 aliphatic heterocycles. The number of rotatable bonds is 13. The molecule has 0 aliphatic carbocycles. The fraction of sp³-hybridized carbons (Fsp3) is 0.116. The molecule has 0 aromatic heterocycles. The minimum Gasteiger partial charge on any atom is -0.497 e. The average molecular weight is 644 g/mol. The summed E-state index contributed by atoms with van der Waals surface area (Å²) in [5.41, 5.74) is 13.9. The fourth-order valence-corrected chi connectivity index (χ4v) is 5.44. The largest absolute Gasteiger partial charge is 0.497 e. The zero-order chi connectivity index (χ0) is 34.4. The Kier molecular flexibility index (Phi) is 11.8. The van der Waals surface area contributed by atoms with Crippen LogP contribution >= 0.6 is 0 Å². The lowest BCUT2D eigenvalue weighted by atomic mass is 9.85. The fourth-order valence-electron chi connectivity index (χ4n) is 5.44. The lowest BCUT2D eigenvalue weighted by Crippen LogP contribution is -2.05. The van der Waals surface area contributed by atoms with Gasteiger partial charge in [0.15, 0.2) is 0 Å². The molecule has 0 heterocycles. The highest BCUT2D eigenvalue weighted by Gasteiger charge is 2.17. The number of nitrogens with zero attached hydrogens (tertiary/aromatic N) is 2. The molecule has 0 aliphatic rings. The summed E-state index contributed by atoms with van der Waals surface area (Å²) in [6.07, 6.45) is 4.49. The topological polar surface area (TPSA) is 101 Å². The Balaban J connectivity index is 1.61. The maximum atomic E-state index is 9.87. The van der Waals surface area contributed by atoms with E-state index in [9.17, 15) is 10.5 Å². The first-order chi connectivity index (χ1) is 24.1. The molecule has 0 spiro atoms. The molecule has 0 atom stereocenters. The molecule has 5 aromatic carbocycles. The van der Waals surface area contributed by atoms with Gasteiger partial charge in [0, 0.05) is 5.57 Å². The maximum absolute atomic E-state index is 9.87. The van der Waals surface area contributed by atoms with Crippen molar-refractivity contribution in [1.29, 1.82) is 10.5 Å². The monoisotopic (exact) mass is 643 g/mol. The Morgan fingerprint density at radius 3 is 1.51 bits per heavy atom. The number of nitriles is 2. The van der Waals surface area contributed by atoms with Gasteiger partial charge in [0.1, 0.15) is 35.0 Å². The molecule has 2 N–H and O–H groups in total. The van der Waals surface area contributed by atoms with Crippen molar-refractivity contribution in [2.24, 2.45) is 5.73 Å². The summed E-state index contributed by atoms with van der Waals surface area (Å²) in [5.74, 6) is 2.31. The number of ether oxygens (including phenoxy) is 3. The van der Waals surface area contributed by atoms with Crippen LogP contribution in [0, 0.1) is 22.7 Å². The summed E-state index contributed by atoms with van der Waals surface area (Å²) in [5, 5.41) is 19.7. The number of hydrogen-bond acceptors (Lipinski definition) is 6. The van der Waals surface area contributed by atoms with E-state index in [-0.39, 0.29) is 5.57 Å². The molecule has 0 saturated carbocycles. The van der Waals surface area contributed by atoms with E-state index in [1.807, 2.05) is 103 Å². The number of hydrogen-bond donors (Lipinski definition) is 1. The molecule has 0 amide bonds. The molecular weight excluding hydrogens is 606 g/mol.